The van der Waals surface area contributed by atoms with Crippen molar-refractivity contribution >= 4 is 11.6 Å². The number of H-pyrrole nitrogens is 2. The molecule has 136 valence electrons. The van der Waals surface area contributed by atoms with E-state index in [1.165, 1.54) is 5.56 Å². The lowest BCUT2D eigenvalue weighted by molar-refractivity contribution is -0.118. The fraction of sp³-hybridized carbons (Fsp3) is 0.429. The predicted octanol–water partition coefficient (Wildman–Crippen LogP) is 4.03. The lowest BCUT2D eigenvalue weighted by Crippen LogP contribution is -2.34. The average molecular weight is 351 g/mol. The lowest BCUT2D eigenvalue weighted by atomic mass is 9.69. The number of carbonyl (C=O) groups excluding carboxylic acids is 1. The van der Waals surface area contributed by atoms with Gasteiger partial charge in [0.05, 0.1) is 5.56 Å². The maximum Gasteiger partial charge on any atom is 0.270 e. The van der Waals surface area contributed by atoms with E-state index in [9.17, 15) is 9.59 Å². The zero-order chi connectivity index (χ0) is 18.6. The summed E-state index contributed by atoms with van der Waals surface area (Å²) in [6.07, 6.45) is 1.30. The van der Waals surface area contributed by atoms with Crippen LogP contribution in [-0.2, 0) is 4.79 Å². The second-order valence-corrected chi connectivity index (χ2v) is 8.58. The van der Waals surface area contributed by atoms with Gasteiger partial charge in [0.2, 0.25) is 0 Å². The van der Waals surface area contributed by atoms with Crippen molar-refractivity contribution in [1.82, 2.24) is 10.2 Å². The van der Waals surface area contributed by atoms with Crippen molar-refractivity contribution in [3.63, 3.8) is 0 Å². The third kappa shape index (κ3) is 2.62. The zero-order valence-electron chi connectivity index (χ0n) is 15.7. The molecule has 5 heteroatoms. The lowest BCUT2D eigenvalue weighted by Gasteiger charge is -2.37. The molecule has 2 heterocycles. The minimum absolute atomic E-state index is 0.0803. The van der Waals surface area contributed by atoms with Crippen LogP contribution < -0.4 is 10.9 Å². The van der Waals surface area contributed by atoms with Crippen LogP contribution in [0.4, 0.5) is 5.82 Å². The van der Waals surface area contributed by atoms with Crippen LogP contribution in [0, 0.1) is 5.41 Å². The molecule has 1 aromatic heterocycles. The van der Waals surface area contributed by atoms with E-state index in [1.807, 2.05) is 0 Å². The standard InChI is InChI=1S/C21H25N3O2/c1-11(2)12-5-7-13(8-6-12)16-17-14(9-21(3,4)10-15(17)25)22-19-18(16)20(26)24-23-19/h5-8,11,16H,9-10H2,1-4H3,(H3,22,23,24,26). The van der Waals surface area contributed by atoms with Crippen LogP contribution in [0.15, 0.2) is 40.3 Å². The molecule has 5 nitrogen and oxygen atoms in total. The summed E-state index contributed by atoms with van der Waals surface area (Å²) in [4.78, 5) is 25.5. The van der Waals surface area contributed by atoms with Crippen molar-refractivity contribution < 1.29 is 4.79 Å². The van der Waals surface area contributed by atoms with Crippen LogP contribution >= 0.6 is 0 Å². The molecule has 1 aliphatic carbocycles. The summed E-state index contributed by atoms with van der Waals surface area (Å²) in [5.41, 5.74) is 4.28. The Morgan fingerprint density at radius 3 is 2.38 bits per heavy atom. The molecule has 0 amide bonds. The van der Waals surface area contributed by atoms with Crippen molar-refractivity contribution in [1.29, 1.82) is 0 Å². The number of nitrogens with one attached hydrogen (secondary N) is 3. The summed E-state index contributed by atoms with van der Waals surface area (Å²) in [6, 6.07) is 8.30. The highest BCUT2D eigenvalue weighted by Gasteiger charge is 2.42. The number of allylic oxidation sites excluding steroid dienone is 2. The van der Waals surface area contributed by atoms with Gasteiger partial charge in [0.15, 0.2) is 5.78 Å². The SMILES string of the molecule is CC(C)c1ccc(C2C3=C(CC(C)(C)CC3=O)Nc3[nH][nH]c(=O)c32)cc1. The predicted molar refractivity (Wildman–Crippen MR) is 102 cm³/mol. The van der Waals surface area contributed by atoms with Crippen LogP contribution in [0.3, 0.4) is 0 Å². The Kier molecular flexibility index (Phi) is 3.72. The summed E-state index contributed by atoms with van der Waals surface area (Å²) in [5.74, 6) is 0.932. The fourth-order valence-electron chi connectivity index (χ4n) is 4.22. The number of ketones is 1. The highest BCUT2D eigenvalue weighted by atomic mass is 16.1. The third-order valence-corrected chi connectivity index (χ3v) is 5.52. The van der Waals surface area contributed by atoms with Crippen LogP contribution in [0.25, 0.3) is 0 Å². The van der Waals surface area contributed by atoms with Crippen LogP contribution in [0.2, 0.25) is 0 Å². The molecule has 2 aromatic rings. The van der Waals surface area contributed by atoms with Crippen molar-refractivity contribution in [2.75, 3.05) is 5.32 Å². The van der Waals surface area contributed by atoms with Gasteiger partial charge in [-0.3, -0.25) is 19.8 Å². The van der Waals surface area contributed by atoms with Crippen molar-refractivity contribution in [3.05, 3.63) is 62.6 Å². The van der Waals surface area contributed by atoms with E-state index in [1.54, 1.807) is 0 Å². The molecule has 3 N–H and O–H groups in total. The quantitative estimate of drug-likeness (QED) is 0.764. The normalized spacial score (nSPS) is 21.4. The highest BCUT2D eigenvalue weighted by molar-refractivity contribution is 6.01. The first-order valence-corrected chi connectivity index (χ1v) is 9.20. The summed E-state index contributed by atoms with van der Waals surface area (Å²) < 4.78 is 0. The summed E-state index contributed by atoms with van der Waals surface area (Å²) in [7, 11) is 0. The second-order valence-electron chi connectivity index (χ2n) is 8.58. The summed E-state index contributed by atoms with van der Waals surface area (Å²) >= 11 is 0. The molecule has 1 aliphatic heterocycles. The Labute approximate surface area is 152 Å². The maximum absolute atomic E-state index is 13.0. The van der Waals surface area contributed by atoms with Gasteiger partial charge in [0.25, 0.3) is 5.56 Å². The molecule has 1 atom stereocenters. The Morgan fingerprint density at radius 1 is 1.04 bits per heavy atom. The van der Waals surface area contributed by atoms with Gasteiger partial charge < -0.3 is 5.32 Å². The van der Waals surface area contributed by atoms with Gasteiger partial charge in [0.1, 0.15) is 5.82 Å². The molecular formula is C21H25N3O2. The molecule has 0 saturated carbocycles. The third-order valence-electron chi connectivity index (χ3n) is 5.52. The van der Waals surface area contributed by atoms with Crippen LogP contribution in [0.1, 0.15) is 69.1 Å². The van der Waals surface area contributed by atoms with E-state index in [-0.39, 0.29) is 22.7 Å². The van der Waals surface area contributed by atoms with Crippen molar-refractivity contribution in [3.8, 4) is 0 Å². The first-order valence-electron chi connectivity index (χ1n) is 9.20. The largest absolute Gasteiger partial charge is 0.343 e. The van der Waals surface area contributed by atoms with Crippen LogP contribution in [-0.4, -0.2) is 16.0 Å². The van der Waals surface area contributed by atoms with Gasteiger partial charge in [-0.2, -0.15) is 0 Å². The van der Waals surface area contributed by atoms with Gasteiger partial charge >= 0.3 is 0 Å². The molecule has 0 spiro atoms. The number of aromatic nitrogens is 2. The molecule has 26 heavy (non-hydrogen) atoms. The van der Waals surface area contributed by atoms with E-state index >= 15 is 0 Å². The molecule has 0 radical (unpaired) electrons. The van der Waals surface area contributed by atoms with Crippen molar-refractivity contribution in [2.45, 2.75) is 52.4 Å². The molecule has 0 fully saturated rings. The number of rotatable bonds is 2. The minimum atomic E-state index is -0.318. The van der Waals surface area contributed by atoms with E-state index in [2.05, 4.69) is 67.5 Å². The summed E-state index contributed by atoms with van der Waals surface area (Å²) in [5, 5.41) is 8.92. The monoisotopic (exact) mass is 351 g/mol. The summed E-state index contributed by atoms with van der Waals surface area (Å²) in [6.45, 7) is 8.53. The smallest absolute Gasteiger partial charge is 0.270 e. The number of aromatic amines is 2. The van der Waals surface area contributed by atoms with Gasteiger partial charge in [0, 0.05) is 23.6 Å². The molecule has 0 bridgehead atoms. The topological polar surface area (TPSA) is 77.8 Å². The number of hydrogen-bond donors (Lipinski definition) is 3. The van der Waals surface area contributed by atoms with E-state index in [4.69, 9.17) is 0 Å². The number of anilines is 1. The highest BCUT2D eigenvalue weighted by Crippen LogP contribution is 2.47. The first-order chi connectivity index (χ1) is 12.3. The number of benzene rings is 1. The number of hydrogen-bond acceptors (Lipinski definition) is 3. The molecule has 1 aromatic carbocycles. The molecular weight excluding hydrogens is 326 g/mol. The fourth-order valence-corrected chi connectivity index (χ4v) is 4.22. The first kappa shape index (κ1) is 16.9. The van der Waals surface area contributed by atoms with Crippen LogP contribution in [0.5, 0.6) is 0 Å². The minimum Gasteiger partial charge on any atom is -0.343 e. The van der Waals surface area contributed by atoms with Gasteiger partial charge in [-0.05, 0) is 28.9 Å². The second kappa shape index (κ2) is 5.73. The van der Waals surface area contributed by atoms with Gasteiger partial charge in [-0.25, -0.2) is 0 Å². The Hall–Kier alpha value is -2.56. The van der Waals surface area contributed by atoms with E-state index in [0.29, 0.717) is 23.7 Å². The molecule has 2 aliphatic rings. The van der Waals surface area contributed by atoms with Gasteiger partial charge in [-0.15, -0.1) is 0 Å². The molecule has 4 rings (SSSR count). The van der Waals surface area contributed by atoms with E-state index < -0.39 is 0 Å². The Balaban J connectivity index is 1.89. The Morgan fingerprint density at radius 2 is 1.73 bits per heavy atom. The zero-order valence-corrected chi connectivity index (χ0v) is 15.7. The Bertz CT molecular complexity index is 958. The molecule has 1 unspecified atom stereocenters. The molecule has 0 saturated heterocycles. The number of carbonyl (C=O) groups is 1. The average Bonchev–Trinajstić information content (AvgIpc) is 2.93. The van der Waals surface area contributed by atoms with E-state index in [0.717, 1.165) is 23.3 Å². The maximum atomic E-state index is 13.0. The van der Waals surface area contributed by atoms with Gasteiger partial charge in [-0.1, -0.05) is 52.0 Å². The number of Topliss-reactive ketones (excluding diaryl/α,β-unsaturated/α-hetero) is 1. The number of fused-ring (bicyclic) bond motifs is 1. The van der Waals surface area contributed by atoms with Crippen molar-refractivity contribution in [2.24, 2.45) is 5.41 Å².